The van der Waals surface area contributed by atoms with E-state index in [1.807, 2.05) is 19.9 Å². The number of hydrogen-bond acceptors (Lipinski definition) is 5. The maximum atomic E-state index is 12.5. The van der Waals surface area contributed by atoms with Crippen LogP contribution in [0.15, 0.2) is 11.2 Å². The molecule has 0 radical (unpaired) electrons. The van der Waals surface area contributed by atoms with Gasteiger partial charge in [0.15, 0.2) is 10.9 Å². The van der Waals surface area contributed by atoms with Crippen LogP contribution >= 0.6 is 11.8 Å². The summed E-state index contributed by atoms with van der Waals surface area (Å²) in [6.45, 7) is 6.05. The summed E-state index contributed by atoms with van der Waals surface area (Å²) in [6, 6.07) is 2.45. The molecule has 0 aromatic carbocycles. The zero-order chi connectivity index (χ0) is 16.7. The molecule has 2 aromatic heterocycles. The predicted molar refractivity (Wildman–Crippen MR) is 95.1 cm³/mol. The maximum Gasteiger partial charge on any atom is 0.228 e. The zero-order valence-corrected chi connectivity index (χ0v) is 15.0. The van der Waals surface area contributed by atoms with Gasteiger partial charge in [-0.25, -0.2) is 0 Å². The van der Waals surface area contributed by atoms with Crippen LogP contribution in [0, 0.1) is 13.8 Å². The van der Waals surface area contributed by atoms with Gasteiger partial charge in [-0.3, -0.25) is 9.36 Å². The van der Waals surface area contributed by atoms with Crippen LogP contribution in [0.3, 0.4) is 0 Å². The van der Waals surface area contributed by atoms with Crippen molar-refractivity contribution in [3.8, 4) is 0 Å². The molecule has 1 aliphatic heterocycles. The van der Waals surface area contributed by atoms with Crippen molar-refractivity contribution in [2.24, 2.45) is 0 Å². The van der Waals surface area contributed by atoms with Gasteiger partial charge in [0, 0.05) is 36.1 Å². The average Bonchev–Trinajstić information content (AvgIpc) is 2.98. The summed E-state index contributed by atoms with van der Waals surface area (Å²) >= 11 is 1.52. The standard InChI is InChI=1S/C17H23N5OS/c1-11-9-14(12(2)18-11)15(23)10-24-17-20-19-16(21-7-3-4-8-21)22(17)13-5-6-13/h9,13,18H,3-8,10H2,1-2H3. The molecule has 3 heterocycles. The summed E-state index contributed by atoms with van der Waals surface area (Å²) in [5, 5.41) is 9.71. The van der Waals surface area contributed by atoms with Crippen LogP contribution in [0.1, 0.15) is 53.5 Å². The molecule has 7 heteroatoms. The Hall–Kier alpha value is -1.76. The number of carbonyl (C=O) groups excluding carboxylic acids is 1. The SMILES string of the molecule is Cc1cc(C(=O)CSc2nnc(N3CCCC3)n2C2CC2)c(C)[nH]1. The third-order valence-electron chi connectivity index (χ3n) is 4.73. The number of hydrogen-bond donors (Lipinski definition) is 1. The second-order valence-electron chi connectivity index (χ2n) is 6.78. The van der Waals surface area contributed by atoms with E-state index in [4.69, 9.17) is 0 Å². The number of aromatic nitrogens is 4. The van der Waals surface area contributed by atoms with E-state index in [9.17, 15) is 4.79 Å². The Bertz CT molecular complexity index is 755. The minimum absolute atomic E-state index is 0.148. The van der Waals surface area contributed by atoms with Crippen LogP contribution in [-0.4, -0.2) is 44.4 Å². The molecule has 6 nitrogen and oxygen atoms in total. The number of ketones is 1. The highest BCUT2D eigenvalue weighted by Gasteiger charge is 2.32. The number of Topliss-reactive ketones (excluding diaryl/α,β-unsaturated/α-hetero) is 1. The quantitative estimate of drug-likeness (QED) is 0.643. The molecule has 1 N–H and O–H groups in total. The van der Waals surface area contributed by atoms with Crippen molar-refractivity contribution in [3.05, 3.63) is 23.0 Å². The van der Waals surface area contributed by atoms with Gasteiger partial charge in [-0.1, -0.05) is 11.8 Å². The van der Waals surface area contributed by atoms with Crippen LogP contribution < -0.4 is 4.90 Å². The molecule has 0 amide bonds. The first-order chi connectivity index (χ1) is 11.6. The molecule has 4 rings (SSSR count). The van der Waals surface area contributed by atoms with Crippen LogP contribution in [0.4, 0.5) is 5.95 Å². The number of thioether (sulfide) groups is 1. The minimum atomic E-state index is 0.148. The zero-order valence-electron chi connectivity index (χ0n) is 14.2. The molecule has 1 saturated carbocycles. The Morgan fingerprint density at radius 1 is 1.29 bits per heavy atom. The van der Waals surface area contributed by atoms with Gasteiger partial charge in [0.05, 0.1) is 5.75 Å². The first kappa shape index (κ1) is 15.7. The lowest BCUT2D eigenvalue weighted by Crippen LogP contribution is -2.22. The van der Waals surface area contributed by atoms with Crippen LogP contribution in [0.25, 0.3) is 0 Å². The maximum absolute atomic E-state index is 12.5. The summed E-state index contributed by atoms with van der Waals surface area (Å²) in [5.74, 6) is 1.55. The first-order valence-corrected chi connectivity index (χ1v) is 9.64. The van der Waals surface area contributed by atoms with Crippen molar-refractivity contribution in [1.29, 1.82) is 0 Å². The molecule has 2 aliphatic rings. The predicted octanol–water partition coefficient (Wildman–Crippen LogP) is 3.13. The normalized spacial score (nSPS) is 17.7. The van der Waals surface area contributed by atoms with Crippen molar-refractivity contribution in [2.75, 3.05) is 23.7 Å². The number of anilines is 1. The van der Waals surface area contributed by atoms with E-state index >= 15 is 0 Å². The van der Waals surface area contributed by atoms with Crippen LogP contribution in [-0.2, 0) is 0 Å². The van der Waals surface area contributed by atoms with E-state index in [-0.39, 0.29) is 5.78 Å². The highest BCUT2D eigenvalue weighted by Crippen LogP contribution is 2.41. The number of aryl methyl sites for hydroxylation is 2. The molecule has 0 spiro atoms. The van der Waals surface area contributed by atoms with Crippen molar-refractivity contribution in [2.45, 2.75) is 50.7 Å². The third kappa shape index (κ3) is 2.97. The molecule has 0 unspecified atom stereocenters. The molecule has 0 bridgehead atoms. The van der Waals surface area contributed by atoms with Gasteiger partial charge >= 0.3 is 0 Å². The van der Waals surface area contributed by atoms with E-state index in [0.29, 0.717) is 11.8 Å². The summed E-state index contributed by atoms with van der Waals surface area (Å²) < 4.78 is 2.26. The fraction of sp³-hybridized carbons (Fsp3) is 0.588. The Morgan fingerprint density at radius 3 is 2.67 bits per heavy atom. The monoisotopic (exact) mass is 345 g/mol. The molecular formula is C17H23N5OS. The molecule has 0 atom stereocenters. The molecule has 1 aliphatic carbocycles. The van der Waals surface area contributed by atoms with E-state index in [2.05, 4.69) is 24.6 Å². The van der Waals surface area contributed by atoms with Crippen molar-refractivity contribution >= 4 is 23.5 Å². The molecular weight excluding hydrogens is 322 g/mol. The number of nitrogens with one attached hydrogen (secondary N) is 1. The van der Waals surface area contributed by atoms with E-state index in [0.717, 1.165) is 41.1 Å². The highest BCUT2D eigenvalue weighted by molar-refractivity contribution is 7.99. The number of aromatic amines is 1. The summed E-state index contributed by atoms with van der Waals surface area (Å²) in [6.07, 6.45) is 4.84. The molecule has 2 fully saturated rings. The second-order valence-corrected chi connectivity index (χ2v) is 7.72. The number of H-pyrrole nitrogens is 1. The van der Waals surface area contributed by atoms with Crippen LogP contribution in [0.5, 0.6) is 0 Å². The molecule has 24 heavy (non-hydrogen) atoms. The van der Waals surface area contributed by atoms with Gasteiger partial charge < -0.3 is 9.88 Å². The van der Waals surface area contributed by atoms with E-state index in [1.54, 1.807) is 0 Å². The lowest BCUT2D eigenvalue weighted by molar-refractivity contribution is 0.102. The Morgan fingerprint density at radius 2 is 2.04 bits per heavy atom. The van der Waals surface area contributed by atoms with Gasteiger partial charge in [0.25, 0.3) is 0 Å². The smallest absolute Gasteiger partial charge is 0.228 e. The Balaban J connectivity index is 1.50. The van der Waals surface area contributed by atoms with Gasteiger partial charge in [-0.05, 0) is 45.6 Å². The van der Waals surface area contributed by atoms with E-state index in [1.165, 1.54) is 37.4 Å². The largest absolute Gasteiger partial charge is 0.362 e. The topological polar surface area (TPSA) is 66.8 Å². The van der Waals surface area contributed by atoms with Crippen molar-refractivity contribution in [1.82, 2.24) is 19.7 Å². The first-order valence-electron chi connectivity index (χ1n) is 8.65. The number of nitrogens with zero attached hydrogens (tertiary/aromatic N) is 4. The summed E-state index contributed by atoms with van der Waals surface area (Å²) in [4.78, 5) is 18.0. The Kier molecular flexibility index (Phi) is 4.12. The third-order valence-corrected chi connectivity index (χ3v) is 5.67. The molecule has 2 aromatic rings. The lowest BCUT2D eigenvalue weighted by atomic mass is 10.2. The average molecular weight is 345 g/mol. The van der Waals surface area contributed by atoms with Crippen molar-refractivity contribution < 1.29 is 4.79 Å². The molecule has 1 saturated heterocycles. The summed E-state index contributed by atoms with van der Waals surface area (Å²) in [7, 11) is 0. The second kappa shape index (κ2) is 6.27. The van der Waals surface area contributed by atoms with E-state index < -0.39 is 0 Å². The fourth-order valence-electron chi connectivity index (χ4n) is 3.37. The highest BCUT2D eigenvalue weighted by atomic mass is 32.2. The Labute approximate surface area is 146 Å². The number of carbonyl (C=O) groups is 1. The van der Waals surface area contributed by atoms with Crippen LogP contribution in [0.2, 0.25) is 0 Å². The molecule has 128 valence electrons. The number of rotatable bonds is 6. The van der Waals surface area contributed by atoms with Gasteiger partial charge in [-0.2, -0.15) is 0 Å². The van der Waals surface area contributed by atoms with Gasteiger partial charge in [-0.15, -0.1) is 10.2 Å². The van der Waals surface area contributed by atoms with Crippen molar-refractivity contribution in [3.63, 3.8) is 0 Å². The van der Waals surface area contributed by atoms with Gasteiger partial charge in [0.1, 0.15) is 0 Å². The lowest BCUT2D eigenvalue weighted by Gasteiger charge is -2.17. The fourth-order valence-corrected chi connectivity index (χ4v) is 4.26. The van der Waals surface area contributed by atoms with Gasteiger partial charge in [0.2, 0.25) is 5.95 Å². The summed E-state index contributed by atoms with van der Waals surface area (Å²) in [5.41, 5.74) is 2.76. The minimum Gasteiger partial charge on any atom is -0.362 e.